The standard InChI is InChI=1S/C9H13NO3/c1-6(2)10-5-7-3-4-13-8(7)9(11)12/h3-4,6,10H,5H2,1-2H3,(H,11,12). The minimum Gasteiger partial charge on any atom is -0.475 e. The lowest BCUT2D eigenvalue weighted by molar-refractivity contribution is 0.0660. The van der Waals surface area contributed by atoms with E-state index in [0.29, 0.717) is 18.2 Å². The van der Waals surface area contributed by atoms with Crippen LogP contribution in [0.25, 0.3) is 0 Å². The number of nitrogens with one attached hydrogen (secondary N) is 1. The Balaban J connectivity index is 2.65. The molecule has 0 aliphatic carbocycles. The number of hydrogen-bond donors (Lipinski definition) is 2. The first kappa shape index (κ1) is 9.80. The van der Waals surface area contributed by atoms with Crippen molar-refractivity contribution in [1.82, 2.24) is 5.32 Å². The third-order valence-electron chi connectivity index (χ3n) is 1.64. The first-order valence-corrected chi connectivity index (χ1v) is 4.14. The molecule has 0 aliphatic rings. The van der Waals surface area contributed by atoms with Crippen LogP contribution in [0.4, 0.5) is 0 Å². The van der Waals surface area contributed by atoms with Gasteiger partial charge in [0.05, 0.1) is 6.26 Å². The first-order valence-electron chi connectivity index (χ1n) is 4.14. The number of aromatic carboxylic acids is 1. The van der Waals surface area contributed by atoms with Gasteiger partial charge in [-0.05, 0) is 6.07 Å². The highest BCUT2D eigenvalue weighted by Crippen LogP contribution is 2.10. The monoisotopic (exact) mass is 183 g/mol. The first-order chi connectivity index (χ1) is 6.11. The Morgan fingerprint density at radius 1 is 1.69 bits per heavy atom. The van der Waals surface area contributed by atoms with Crippen molar-refractivity contribution in [3.8, 4) is 0 Å². The number of furan rings is 1. The van der Waals surface area contributed by atoms with Crippen LogP contribution >= 0.6 is 0 Å². The molecule has 0 aromatic carbocycles. The molecule has 1 aromatic heterocycles. The molecule has 0 spiro atoms. The zero-order valence-corrected chi connectivity index (χ0v) is 7.70. The van der Waals surface area contributed by atoms with Gasteiger partial charge < -0.3 is 14.8 Å². The smallest absolute Gasteiger partial charge is 0.372 e. The molecule has 72 valence electrons. The van der Waals surface area contributed by atoms with Gasteiger partial charge in [0.2, 0.25) is 5.76 Å². The van der Waals surface area contributed by atoms with Crippen molar-refractivity contribution in [2.24, 2.45) is 0 Å². The van der Waals surface area contributed by atoms with Gasteiger partial charge in [-0.25, -0.2) is 4.79 Å². The SMILES string of the molecule is CC(C)NCc1ccoc1C(=O)O. The Morgan fingerprint density at radius 2 is 2.38 bits per heavy atom. The lowest BCUT2D eigenvalue weighted by Gasteiger charge is -2.06. The predicted octanol–water partition coefficient (Wildman–Crippen LogP) is 1.48. The van der Waals surface area contributed by atoms with Gasteiger partial charge in [0.15, 0.2) is 0 Å². The number of carboxylic acids is 1. The van der Waals surface area contributed by atoms with Crippen LogP contribution in [-0.4, -0.2) is 17.1 Å². The van der Waals surface area contributed by atoms with Crippen LogP contribution in [-0.2, 0) is 6.54 Å². The van der Waals surface area contributed by atoms with E-state index in [4.69, 9.17) is 9.52 Å². The summed E-state index contributed by atoms with van der Waals surface area (Å²) in [5, 5.41) is 11.8. The number of carboxylic acid groups (broad SMARTS) is 1. The average molecular weight is 183 g/mol. The van der Waals surface area contributed by atoms with Crippen molar-refractivity contribution in [2.75, 3.05) is 0 Å². The largest absolute Gasteiger partial charge is 0.475 e. The fourth-order valence-corrected chi connectivity index (χ4v) is 0.977. The van der Waals surface area contributed by atoms with Gasteiger partial charge in [-0.3, -0.25) is 0 Å². The summed E-state index contributed by atoms with van der Waals surface area (Å²) in [6, 6.07) is 2.00. The molecule has 0 aliphatic heterocycles. The summed E-state index contributed by atoms with van der Waals surface area (Å²) < 4.78 is 4.82. The van der Waals surface area contributed by atoms with Gasteiger partial charge in [-0.2, -0.15) is 0 Å². The topological polar surface area (TPSA) is 62.5 Å². The Labute approximate surface area is 76.6 Å². The number of rotatable bonds is 4. The molecule has 0 saturated heterocycles. The van der Waals surface area contributed by atoms with E-state index in [1.165, 1.54) is 6.26 Å². The molecule has 0 bridgehead atoms. The van der Waals surface area contributed by atoms with Crippen molar-refractivity contribution >= 4 is 5.97 Å². The van der Waals surface area contributed by atoms with Crippen molar-refractivity contribution in [3.63, 3.8) is 0 Å². The number of carbonyl (C=O) groups is 1. The highest BCUT2D eigenvalue weighted by atomic mass is 16.4. The molecule has 0 unspecified atom stereocenters. The lowest BCUT2D eigenvalue weighted by atomic mass is 10.2. The molecule has 4 nitrogen and oxygen atoms in total. The molecule has 1 heterocycles. The van der Waals surface area contributed by atoms with Crippen LogP contribution in [0, 0.1) is 0 Å². The van der Waals surface area contributed by atoms with E-state index < -0.39 is 5.97 Å². The Hall–Kier alpha value is -1.29. The van der Waals surface area contributed by atoms with Gasteiger partial charge in [0, 0.05) is 18.2 Å². The van der Waals surface area contributed by atoms with Crippen LogP contribution in [0.15, 0.2) is 16.7 Å². The van der Waals surface area contributed by atoms with Crippen LogP contribution in [0.3, 0.4) is 0 Å². The molecule has 0 fully saturated rings. The van der Waals surface area contributed by atoms with Gasteiger partial charge in [-0.1, -0.05) is 13.8 Å². The second-order valence-corrected chi connectivity index (χ2v) is 3.12. The van der Waals surface area contributed by atoms with Gasteiger partial charge in [0.25, 0.3) is 0 Å². The molecule has 4 heteroatoms. The quantitative estimate of drug-likeness (QED) is 0.742. The normalized spacial score (nSPS) is 10.7. The average Bonchev–Trinajstić information content (AvgIpc) is 2.47. The Kier molecular flexibility index (Phi) is 3.08. The molecule has 0 atom stereocenters. The van der Waals surface area contributed by atoms with E-state index in [9.17, 15) is 4.79 Å². The summed E-state index contributed by atoms with van der Waals surface area (Å²) in [7, 11) is 0. The Bertz CT molecular complexity index is 291. The van der Waals surface area contributed by atoms with E-state index in [0.717, 1.165) is 0 Å². The maximum atomic E-state index is 10.6. The minimum atomic E-state index is -1.02. The van der Waals surface area contributed by atoms with Crippen molar-refractivity contribution in [3.05, 3.63) is 23.7 Å². The maximum absolute atomic E-state index is 10.6. The van der Waals surface area contributed by atoms with E-state index in [1.54, 1.807) is 6.07 Å². The second-order valence-electron chi connectivity index (χ2n) is 3.12. The highest BCUT2D eigenvalue weighted by molar-refractivity contribution is 5.86. The molecule has 0 radical (unpaired) electrons. The van der Waals surface area contributed by atoms with Crippen LogP contribution in [0.2, 0.25) is 0 Å². The summed E-state index contributed by atoms with van der Waals surface area (Å²) in [5.74, 6) is -1.00. The van der Waals surface area contributed by atoms with Gasteiger partial charge >= 0.3 is 5.97 Å². The molecule has 0 saturated carbocycles. The summed E-state index contributed by atoms with van der Waals surface area (Å²) in [6.45, 7) is 4.52. The van der Waals surface area contributed by atoms with E-state index in [2.05, 4.69) is 5.32 Å². The van der Waals surface area contributed by atoms with E-state index >= 15 is 0 Å². The third-order valence-corrected chi connectivity index (χ3v) is 1.64. The van der Waals surface area contributed by atoms with Crippen LogP contribution in [0.5, 0.6) is 0 Å². The van der Waals surface area contributed by atoms with Crippen molar-refractivity contribution in [1.29, 1.82) is 0 Å². The summed E-state index contributed by atoms with van der Waals surface area (Å²) in [6.07, 6.45) is 1.39. The minimum absolute atomic E-state index is 0.0214. The highest BCUT2D eigenvalue weighted by Gasteiger charge is 2.13. The van der Waals surface area contributed by atoms with E-state index in [-0.39, 0.29) is 5.76 Å². The van der Waals surface area contributed by atoms with Gasteiger partial charge in [-0.15, -0.1) is 0 Å². The molecule has 13 heavy (non-hydrogen) atoms. The zero-order valence-electron chi connectivity index (χ0n) is 7.70. The molecular formula is C9H13NO3. The third kappa shape index (κ3) is 2.59. The van der Waals surface area contributed by atoms with Crippen LogP contribution in [0.1, 0.15) is 30.0 Å². The van der Waals surface area contributed by atoms with Crippen molar-refractivity contribution < 1.29 is 14.3 Å². The Morgan fingerprint density at radius 3 is 2.92 bits per heavy atom. The van der Waals surface area contributed by atoms with E-state index in [1.807, 2.05) is 13.8 Å². The lowest BCUT2D eigenvalue weighted by Crippen LogP contribution is -2.22. The predicted molar refractivity (Wildman–Crippen MR) is 47.6 cm³/mol. The summed E-state index contributed by atoms with van der Waals surface area (Å²) in [4.78, 5) is 10.6. The summed E-state index contributed by atoms with van der Waals surface area (Å²) in [5.41, 5.74) is 0.682. The maximum Gasteiger partial charge on any atom is 0.372 e. The van der Waals surface area contributed by atoms with Crippen LogP contribution < -0.4 is 5.32 Å². The molecule has 0 amide bonds. The van der Waals surface area contributed by atoms with Gasteiger partial charge in [0.1, 0.15) is 0 Å². The molecule has 2 N–H and O–H groups in total. The van der Waals surface area contributed by atoms with Crippen molar-refractivity contribution in [2.45, 2.75) is 26.4 Å². The molecule has 1 aromatic rings. The zero-order chi connectivity index (χ0) is 9.84. The fraction of sp³-hybridized carbons (Fsp3) is 0.444. The molecule has 1 rings (SSSR count). The number of hydrogen-bond acceptors (Lipinski definition) is 3. The second kappa shape index (κ2) is 4.09. The molecular weight excluding hydrogens is 170 g/mol. The summed E-state index contributed by atoms with van der Waals surface area (Å²) >= 11 is 0. The fourth-order valence-electron chi connectivity index (χ4n) is 0.977.